The largest absolute Gasteiger partial charge is 0.409 e. The van der Waals surface area contributed by atoms with Crippen LogP contribution in [0.5, 0.6) is 0 Å². The second-order valence-corrected chi connectivity index (χ2v) is 4.07. The van der Waals surface area contributed by atoms with E-state index in [1.165, 1.54) is 0 Å². The topological polar surface area (TPSA) is 97.4 Å². The molecule has 7 heteroatoms. The standard InChI is InChI=1S/C11H23N3O4/c1-9(2)18-8-11(15)14(6-7-17-3)5-4-10(12)13-16/h9,16H,4-8H2,1-3H3,(H2,12,13). The lowest BCUT2D eigenvalue weighted by Crippen LogP contribution is -2.39. The first kappa shape index (κ1) is 16.7. The van der Waals surface area contributed by atoms with E-state index in [1.807, 2.05) is 13.8 Å². The summed E-state index contributed by atoms with van der Waals surface area (Å²) in [6.07, 6.45) is 0.315. The van der Waals surface area contributed by atoms with Gasteiger partial charge in [0.25, 0.3) is 0 Å². The zero-order valence-electron chi connectivity index (χ0n) is 11.3. The van der Waals surface area contributed by atoms with E-state index in [1.54, 1.807) is 12.0 Å². The molecule has 0 aromatic carbocycles. The molecule has 0 aromatic heterocycles. The van der Waals surface area contributed by atoms with Crippen LogP contribution in [0.2, 0.25) is 0 Å². The molecular weight excluding hydrogens is 238 g/mol. The molecule has 0 unspecified atom stereocenters. The molecule has 0 fully saturated rings. The van der Waals surface area contributed by atoms with Crippen molar-refractivity contribution in [2.45, 2.75) is 26.4 Å². The Kier molecular flexibility index (Phi) is 8.95. The predicted molar refractivity (Wildman–Crippen MR) is 67.6 cm³/mol. The van der Waals surface area contributed by atoms with Gasteiger partial charge in [-0.1, -0.05) is 5.16 Å². The van der Waals surface area contributed by atoms with Crippen LogP contribution < -0.4 is 5.73 Å². The molecule has 0 aliphatic carbocycles. The molecule has 0 spiro atoms. The van der Waals surface area contributed by atoms with Gasteiger partial charge in [0.2, 0.25) is 5.91 Å². The number of amides is 1. The molecule has 7 nitrogen and oxygen atoms in total. The van der Waals surface area contributed by atoms with Crippen molar-refractivity contribution < 1.29 is 19.5 Å². The monoisotopic (exact) mass is 261 g/mol. The van der Waals surface area contributed by atoms with Crippen molar-refractivity contribution in [3.8, 4) is 0 Å². The van der Waals surface area contributed by atoms with Crippen LogP contribution in [0.15, 0.2) is 5.16 Å². The predicted octanol–water partition coefficient (Wildman–Crippen LogP) is 0.0229. The van der Waals surface area contributed by atoms with Crippen molar-refractivity contribution in [2.24, 2.45) is 10.9 Å². The van der Waals surface area contributed by atoms with Gasteiger partial charge in [0.15, 0.2) is 0 Å². The maximum absolute atomic E-state index is 11.9. The number of hydrogen-bond donors (Lipinski definition) is 2. The van der Waals surface area contributed by atoms with Gasteiger partial charge >= 0.3 is 0 Å². The van der Waals surface area contributed by atoms with E-state index in [2.05, 4.69) is 5.16 Å². The summed E-state index contributed by atoms with van der Waals surface area (Å²) in [4.78, 5) is 13.4. The zero-order chi connectivity index (χ0) is 14.0. The quantitative estimate of drug-likeness (QED) is 0.264. The third-order valence-corrected chi connectivity index (χ3v) is 2.22. The van der Waals surface area contributed by atoms with Crippen molar-refractivity contribution in [3.05, 3.63) is 0 Å². The number of nitrogens with two attached hydrogens (primary N) is 1. The lowest BCUT2D eigenvalue weighted by atomic mass is 10.3. The lowest BCUT2D eigenvalue weighted by Gasteiger charge is -2.22. The van der Waals surface area contributed by atoms with Gasteiger partial charge in [0.1, 0.15) is 12.4 Å². The van der Waals surface area contributed by atoms with Crippen LogP contribution in [0.25, 0.3) is 0 Å². The number of carbonyl (C=O) groups is 1. The number of amidine groups is 1. The van der Waals surface area contributed by atoms with E-state index in [-0.39, 0.29) is 24.5 Å². The molecule has 0 saturated carbocycles. The Bertz CT molecular complexity index is 269. The average Bonchev–Trinajstić information content (AvgIpc) is 2.35. The van der Waals surface area contributed by atoms with E-state index in [0.29, 0.717) is 26.1 Å². The number of nitrogens with zero attached hydrogens (tertiary/aromatic N) is 2. The van der Waals surface area contributed by atoms with Crippen molar-refractivity contribution in [3.63, 3.8) is 0 Å². The molecule has 0 heterocycles. The van der Waals surface area contributed by atoms with Crippen LogP contribution in [0.1, 0.15) is 20.3 Å². The van der Waals surface area contributed by atoms with E-state index in [0.717, 1.165) is 0 Å². The van der Waals surface area contributed by atoms with Crippen LogP contribution in [-0.4, -0.2) is 61.4 Å². The van der Waals surface area contributed by atoms with Gasteiger partial charge in [-0.3, -0.25) is 4.79 Å². The summed E-state index contributed by atoms with van der Waals surface area (Å²) >= 11 is 0. The zero-order valence-corrected chi connectivity index (χ0v) is 11.3. The first-order valence-electron chi connectivity index (χ1n) is 5.86. The Morgan fingerprint density at radius 3 is 2.61 bits per heavy atom. The summed E-state index contributed by atoms with van der Waals surface area (Å²) in [7, 11) is 1.57. The summed E-state index contributed by atoms with van der Waals surface area (Å²) in [5, 5.41) is 11.3. The Labute approximate surface area is 108 Å². The van der Waals surface area contributed by atoms with Gasteiger partial charge in [0.05, 0.1) is 12.7 Å². The van der Waals surface area contributed by atoms with Crippen molar-refractivity contribution in [2.75, 3.05) is 33.4 Å². The minimum atomic E-state index is -0.133. The molecule has 0 rings (SSSR count). The molecule has 1 amide bonds. The molecule has 0 atom stereocenters. The Morgan fingerprint density at radius 2 is 2.11 bits per heavy atom. The molecule has 0 aliphatic rings. The molecule has 0 aliphatic heterocycles. The fourth-order valence-electron chi connectivity index (χ4n) is 1.19. The number of oxime groups is 1. The smallest absolute Gasteiger partial charge is 0.248 e. The fourth-order valence-corrected chi connectivity index (χ4v) is 1.19. The van der Waals surface area contributed by atoms with Crippen LogP contribution in [-0.2, 0) is 14.3 Å². The number of hydrogen-bond acceptors (Lipinski definition) is 5. The molecule has 18 heavy (non-hydrogen) atoms. The van der Waals surface area contributed by atoms with Gasteiger partial charge < -0.3 is 25.3 Å². The van der Waals surface area contributed by atoms with Crippen LogP contribution in [0, 0.1) is 0 Å². The maximum atomic E-state index is 11.9. The third-order valence-electron chi connectivity index (χ3n) is 2.22. The molecule has 106 valence electrons. The van der Waals surface area contributed by atoms with Gasteiger partial charge in [0, 0.05) is 26.6 Å². The molecular formula is C11H23N3O4. The third kappa shape index (κ3) is 7.86. The van der Waals surface area contributed by atoms with E-state index in [4.69, 9.17) is 20.4 Å². The molecule has 0 aromatic rings. The Balaban J connectivity index is 4.23. The van der Waals surface area contributed by atoms with Gasteiger partial charge in [-0.05, 0) is 13.8 Å². The van der Waals surface area contributed by atoms with Crippen LogP contribution in [0.4, 0.5) is 0 Å². The van der Waals surface area contributed by atoms with Gasteiger partial charge in [-0.2, -0.15) is 0 Å². The summed E-state index contributed by atoms with van der Waals surface area (Å²) in [6, 6.07) is 0. The highest BCUT2D eigenvalue weighted by Gasteiger charge is 2.14. The average molecular weight is 261 g/mol. The normalized spacial score (nSPS) is 11.9. The minimum Gasteiger partial charge on any atom is -0.409 e. The van der Waals surface area contributed by atoms with Crippen LogP contribution >= 0.6 is 0 Å². The highest BCUT2D eigenvalue weighted by Crippen LogP contribution is 1.97. The van der Waals surface area contributed by atoms with E-state index in [9.17, 15) is 4.79 Å². The minimum absolute atomic E-state index is 0.00213. The number of carbonyl (C=O) groups excluding carboxylic acids is 1. The molecule has 0 radical (unpaired) electrons. The lowest BCUT2D eigenvalue weighted by molar-refractivity contribution is -0.138. The summed E-state index contributed by atoms with van der Waals surface area (Å²) in [5.41, 5.74) is 5.37. The second-order valence-electron chi connectivity index (χ2n) is 4.07. The van der Waals surface area contributed by atoms with Crippen LogP contribution in [0.3, 0.4) is 0 Å². The fraction of sp³-hybridized carbons (Fsp3) is 0.818. The SMILES string of the molecule is COCCN(CCC(N)=NO)C(=O)COC(C)C. The summed E-state index contributed by atoms with van der Waals surface area (Å²) in [6.45, 7) is 5.02. The summed E-state index contributed by atoms with van der Waals surface area (Å²) < 4.78 is 10.2. The Hall–Kier alpha value is -1.34. The van der Waals surface area contributed by atoms with Gasteiger partial charge in [-0.25, -0.2) is 0 Å². The highest BCUT2D eigenvalue weighted by atomic mass is 16.5. The van der Waals surface area contributed by atoms with Crippen molar-refractivity contribution in [1.29, 1.82) is 0 Å². The number of ether oxygens (including phenoxy) is 2. The van der Waals surface area contributed by atoms with E-state index >= 15 is 0 Å². The maximum Gasteiger partial charge on any atom is 0.248 e. The number of rotatable bonds is 9. The molecule has 3 N–H and O–H groups in total. The second kappa shape index (κ2) is 9.67. The molecule has 0 bridgehead atoms. The van der Waals surface area contributed by atoms with Gasteiger partial charge in [-0.15, -0.1) is 0 Å². The molecule has 0 saturated heterocycles. The first-order valence-corrected chi connectivity index (χ1v) is 5.86. The first-order chi connectivity index (χ1) is 8.51. The van der Waals surface area contributed by atoms with Crippen molar-refractivity contribution >= 4 is 11.7 Å². The number of methoxy groups -OCH3 is 1. The summed E-state index contributed by atoms with van der Waals surface area (Å²) in [5.74, 6) is -0.0403. The van der Waals surface area contributed by atoms with Crippen molar-refractivity contribution in [1.82, 2.24) is 4.90 Å². The highest BCUT2D eigenvalue weighted by molar-refractivity contribution is 5.81. The van der Waals surface area contributed by atoms with E-state index < -0.39 is 0 Å². The Morgan fingerprint density at radius 1 is 1.44 bits per heavy atom.